The van der Waals surface area contributed by atoms with E-state index in [1.54, 1.807) is 25.4 Å². The number of methoxy groups -OCH3 is 1. The molecule has 0 spiro atoms. The molecule has 0 fully saturated rings. The van der Waals surface area contributed by atoms with E-state index in [-0.39, 0.29) is 11.9 Å². The van der Waals surface area contributed by atoms with E-state index in [1.165, 1.54) is 0 Å². The van der Waals surface area contributed by atoms with E-state index in [0.29, 0.717) is 18.7 Å². The van der Waals surface area contributed by atoms with Crippen molar-refractivity contribution in [3.63, 3.8) is 0 Å². The summed E-state index contributed by atoms with van der Waals surface area (Å²) < 4.78 is 5.13. The van der Waals surface area contributed by atoms with Crippen LogP contribution in [0.5, 0.6) is 0 Å². The summed E-state index contributed by atoms with van der Waals surface area (Å²) in [5.74, 6) is 0.757. The molecule has 1 heterocycles. The van der Waals surface area contributed by atoms with Gasteiger partial charge < -0.3 is 15.0 Å². The molecule has 1 aromatic heterocycles. The predicted octanol–water partition coefficient (Wildman–Crippen LogP) is 2.40. The third-order valence-corrected chi connectivity index (χ3v) is 3.10. The lowest BCUT2D eigenvalue weighted by molar-refractivity contribution is 0.0579. The van der Waals surface area contributed by atoms with E-state index in [9.17, 15) is 4.79 Å². The van der Waals surface area contributed by atoms with Crippen molar-refractivity contribution in [2.24, 2.45) is 0 Å². The Bertz CT molecular complexity index is 423. The molecule has 0 radical (unpaired) electrons. The zero-order valence-corrected chi connectivity index (χ0v) is 12.8. The maximum absolute atomic E-state index is 12.5. The summed E-state index contributed by atoms with van der Waals surface area (Å²) in [6, 6.07) is 3.61. The molecule has 0 aromatic carbocycles. The van der Waals surface area contributed by atoms with Crippen LogP contribution in [-0.4, -0.2) is 48.6 Å². The average molecular weight is 279 g/mol. The van der Waals surface area contributed by atoms with Crippen LogP contribution in [0.2, 0.25) is 0 Å². The third-order valence-electron chi connectivity index (χ3n) is 3.10. The Morgan fingerprint density at radius 2 is 2.25 bits per heavy atom. The molecule has 5 nitrogen and oxygen atoms in total. The molecule has 112 valence electrons. The maximum Gasteiger partial charge on any atom is 0.254 e. The van der Waals surface area contributed by atoms with Crippen molar-refractivity contribution < 1.29 is 9.53 Å². The number of amides is 1. The third kappa shape index (κ3) is 4.49. The number of hydrogen-bond acceptors (Lipinski definition) is 4. The lowest BCUT2D eigenvalue weighted by Gasteiger charge is -2.27. The van der Waals surface area contributed by atoms with Crippen molar-refractivity contribution in [2.75, 3.05) is 32.1 Å². The fraction of sp³-hybridized carbons (Fsp3) is 0.600. The van der Waals surface area contributed by atoms with Crippen LogP contribution in [0, 0.1) is 0 Å². The first-order valence-corrected chi connectivity index (χ1v) is 7.13. The van der Waals surface area contributed by atoms with Crippen molar-refractivity contribution in [3.8, 4) is 0 Å². The normalized spacial score (nSPS) is 12.0. The highest BCUT2D eigenvalue weighted by molar-refractivity contribution is 5.95. The Morgan fingerprint density at radius 3 is 2.85 bits per heavy atom. The molecular weight excluding hydrogens is 254 g/mol. The van der Waals surface area contributed by atoms with E-state index in [1.807, 2.05) is 18.7 Å². The highest BCUT2D eigenvalue weighted by atomic mass is 16.5. The Hall–Kier alpha value is -1.62. The van der Waals surface area contributed by atoms with Gasteiger partial charge in [0.05, 0.1) is 12.6 Å². The molecule has 1 N–H and O–H groups in total. The molecule has 1 unspecified atom stereocenters. The van der Waals surface area contributed by atoms with Gasteiger partial charge in [0.2, 0.25) is 0 Å². The monoisotopic (exact) mass is 279 g/mol. The zero-order chi connectivity index (χ0) is 15.0. The Balaban J connectivity index is 2.83. The first-order valence-electron chi connectivity index (χ1n) is 7.13. The second-order valence-electron chi connectivity index (χ2n) is 4.75. The minimum Gasteiger partial charge on any atom is -0.383 e. The van der Waals surface area contributed by atoms with E-state index in [2.05, 4.69) is 17.2 Å². The van der Waals surface area contributed by atoms with Crippen LogP contribution < -0.4 is 5.32 Å². The quantitative estimate of drug-likeness (QED) is 0.794. The molecule has 20 heavy (non-hydrogen) atoms. The van der Waals surface area contributed by atoms with Gasteiger partial charge >= 0.3 is 0 Å². The topological polar surface area (TPSA) is 54.5 Å². The number of carbonyl (C=O) groups is 1. The molecule has 1 aromatic rings. The summed E-state index contributed by atoms with van der Waals surface area (Å²) in [5.41, 5.74) is 0.656. The van der Waals surface area contributed by atoms with Crippen LogP contribution in [0.1, 0.15) is 37.6 Å². The minimum absolute atomic E-state index is 0.0130. The molecule has 1 rings (SSSR count). The predicted molar refractivity (Wildman–Crippen MR) is 81.1 cm³/mol. The van der Waals surface area contributed by atoms with Crippen LogP contribution in [-0.2, 0) is 4.74 Å². The summed E-state index contributed by atoms with van der Waals surface area (Å²) in [6.07, 6.45) is 2.69. The zero-order valence-electron chi connectivity index (χ0n) is 12.8. The van der Waals surface area contributed by atoms with Gasteiger partial charge in [0, 0.05) is 32.0 Å². The second kappa shape index (κ2) is 8.53. The lowest BCUT2D eigenvalue weighted by atomic mass is 10.2. The van der Waals surface area contributed by atoms with Crippen molar-refractivity contribution in [1.29, 1.82) is 0 Å². The fourth-order valence-electron chi connectivity index (χ4n) is 2.07. The standard InChI is InChI=1S/C15H25N3O2/c1-5-8-16-14-10-13(7-9-17-14)15(19)18(6-2)12(3)11-20-4/h7,9-10,12H,5-6,8,11H2,1-4H3,(H,16,17). The molecule has 0 aliphatic carbocycles. The average Bonchev–Trinajstić information content (AvgIpc) is 2.46. The first kappa shape index (κ1) is 16.4. The Labute approximate surface area is 121 Å². The largest absolute Gasteiger partial charge is 0.383 e. The van der Waals surface area contributed by atoms with Crippen LogP contribution in [0.4, 0.5) is 5.82 Å². The number of nitrogens with zero attached hydrogens (tertiary/aromatic N) is 2. The van der Waals surface area contributed by atoms with Gasteiger partial charge in [-0.15, -0.1) is 0 Å². The molecule has 0 saturated carbocycles. The molecule has 0 saturated heterocycles. The number of anilines is 1. The molecular formula is C15H25N3O2. The van der Waals surface area contributed by atoms with Crippen molar-refractivity contribution >= 4 is 11.7 Å². The number of likely N-dealkylation sites (N-methyl/N-ethyl adjacent to an activating group) is 1. The number of aromatic nitrogens is 1. The molecule has 0 bridgehead atoms. The van der Waals surface area contributed by atoms with E-state index < -0.39 is 0 Å². The summed E-state index contributed by atoms with van der Waals surface area (Å²) in [4.78, 5) is 18.6. The van der Waals surface area contributed by atoms with E-state index >= 15 is 0 Å². The summed E-state index contributed by atoms with van der Waals surface area (Å²) >= 11 is 0. The van der Waals surface area contributed by atoms with Crippen LogP contribution in [0.3, 0.4) is 0 Å². The van der Waals surface area contributed by atoms with Gasteiger partial charge in [-0.2, -0.15) is 0 Å². The Kier molecular flexibility index (Phi) is 7.01. The number of rotatable bonds is 8. The molecule has 0 aliphatic rings. The van der Waals surface area contributed by atoms with E-state index in [0.717, 1.165) is 18.8 Å². The number of hydrogen-bond donors (Lipinski definition) is 1. The molecule has 1 amide bonds. The Morgan fingerprint density at radius 1 is 1.50 bits per heavy atom. The molecule has 1 atom stereocenters. The van der Waals surface area contributed by atoms with Gasteiger partial charge in [0.25, 0.3) is 5.91 Å². The number of ether oxygens (including phenoxy) is 1. The van der Waals surface area contributed by atoms with Gasteiger partial charge in [-0.1, -0.05) is 6.92 Å². The van der Waals surface area contributed by atoms with Crippen LogP contribution >= 0.6 is 0 Å². The van der Waals surface area contributed by atoms with Gasteiger partial charge in [-0.05, 0) is 32.4 Å². The molecule has 0 aliphatic heterocycles. The van der Waals surface area contributed by atoms with E-state index in [4.69, 9.17) is 4.74 Å². The number of nitrogens with one attached hydrogen (secondary N) is 1. The van der Waals surface area contributed by atoms with Gasteiger partial charge in [0.15, 0.2) is 0 Å². The second-order valence-corrected chi connectivity index (χ2v) is 4.75. The highest BCUT2D eigenvalue weighted by Crippen LogP contribution is 2.12. The first-order chi connectivity index (χ1) is 9.63. The minimum atomic E-state index is 0.0130. The van der Waals surface area contributed by atoms with Crippen LogP contribution in [0.25, 0.3) is 0 Å². The van der Waals surface area contributed by atoms with Gasteiger partial charge in [0.1, 0.15) is 5.82 Å². The van der Waals surface area contributed by atoms with Gasteiger partial charge in [-0.25, -0.2) is 4.98 Å². The fourth-order valence-corrected chi connectivity index (χ4v) is 2.07. The smallest absolute Gasteiger partial charge is 0.254 e. The SMILES string of the molecule is CCCNc1cc(C(=O)N(CC)C(C)COC)ccn1. The number of pyridine rings is 1. The van der Waals surface area contributed by atoms with Crippen molar-refractivity contribution in [1.82, 2.24) is 9.88 Å². The maximum atomic E-state index is 12.5. The van der Waals surface area contributed by atoms with Crippen molar-refractivity contribution in [2.45, 2.75) is 33.2 Å². The lowest BCUT2D eigenvalue weighted by Crippen LogP contribution is -2.40. The van der Waals surface area contributed by atoms with Gasteiger partial charge in [-0.3, -0.25) is 4.79 Å². The summed E-state index contributed by atoms with van der Waals surface area (Å²) in [6.45, 7) is 8.09. The highest BCUT2D eigenvalue weighted by Gasteiger charge is 2.20. The molecule has 5 heteroatoms. The van der Waals surface area contributed by atoms with Crippen LogP contribution in [0.15, 0.2) is 18.3 Å². The summed E-state index contributed by atoms with van der Waals surface area (Å²) in [5, 5.41) is 3.19. The number of carbonyl (C=O) groups excluding carboxylic acids is 1. The van der Waals surface area contributed by atoms with Crippen molar-refractivity contribution in [3.05, 3.63) is 23.9 Å². The summed E-state index contributed by atoms with van der Waals surface area (Å²) in [7, 11) is 1.65.